The maximum absolute atomic E-state index is 12.8. The molecule has 1 rings (SSSR count). The molecule has 0 aromatic carbocycles. The van der Waals surface area contributed by atoms with Crippen molar-refractivity contribution in [3.05, 3.63) is 16.4 Å². The van der Waals surface area contributed by atoms with Crippen molar-refractivity contribution in [3.63, 3.8) is 0 Å². The summed E-state index contributed by atoms with van der Waals surface area (Å²) in [4.78, 5) is 10.5. The Kier molecular flexibility index (Phi) is 4.10. The van der Waals surface area contributed by atoms with E-state index in [-0.39, 0.29) is 12.2 Å². The van der Waals surface area contributed by atoms with Crippen molar-refractivity contribution in [2.45, 2.75) is 32.6 Å². The fourth-order valence-corrected chi connectivity index (χ4v) is 1.67. The molecular weight excluding hydrogens is 273 g/mol. The first-order valence-electron chi connectivity index (χ1n) is 5.02. The van der Waals surface area contributed by atoms with Crippen molar-refractivity contribution in [2.24, 2.45) is 5.73 Å². The van der Waals surface area contributed by atoms with Crippen LogP contribution >= 0.6 is 11.6 Å². The number of rotatable bonds is 3. The summed E-state index contributed by atoms with van der Waals surface area (Å²) < 4.78 is 39.3. The monoisotopic (exact) mass is 284 g/mol. The van der Waals surface area contributed by atoms with Gasteiger partial charge in [-0.3, -0.25) is 4.68 Å². The zero-order valence-electron chi connectivity index (χ0n) is 9.68. The standard InChI is InChI=1S/C9H12ClF3N4O/c1-4(2)17-7(9(11,12)13)6(10)5(16-17)3-15-8(14)18/h4H,3H2,1-2H3,(H3,14,15,18). The summed E-state index contributed by atoms with van der Waals surface area (Å²) in [5, 5.41) is 5.36. The van der Waals surface area contributed by atoms with Crippen molar-refractivity contribution >= 4 is 17.6 Å². The van der Waals surface area contributed by atoms with Gasteiger partial charge in [-0.2, -0.15) is 18.3 Å². The van der Waals surface area contributed by atoms with Gasteiger partial charge >= 0.3 is 12.2 Å². The van der Waals surface area contributed by atoms with Gasteiger partial charge < -0.3 is 11.1 Å². The van der Waals surface area contributed by atoms with Crippen LogP contribution in [0.2, 0.25) is 5.02 Å². The quantitative estimate of drug-likeness (QED) is 0.894. The number of carbonyl (C=O) groups excluding carboxylic acids is 1. The van der Waals surface area contributed by atoms with Crippen LogP contribution in [0.25, 0.3) is 0 Å². The molecule has 102 valence electrons. The number of alkyl halides is 3. The average molecular weight is 285 g/mol. The predicted octanol–water partition coefficient (Wildman–Crippen LogP) is 2.30. The third kappa shape index (κ3) is 3.06. The Morgan fingerprint density at radius 2 is 2.11 bits per heavy atom. The van der Waals surface area contributed by atoms with E-state index >= 15 is 0 Å². The molecule has 0 saturated carbocycles. The first kappa shape index (κ1) is 14.6. The van der Waals surface area contributed by atoms with Gasteiger partial charge in [-0.05, 0) is 13.8 Å². The minimum atomic E-state index is -4.61. The molecule has 1 aromatic rings. The van der Waals surface area contributed by atoms with Crippen LogP contribution in [0.5, 0.6) is 0 Å². The lowest BCUT2D eigenvalue weighted by atomic mass is 10.3. The largest absolute Gasteiger partial charge is 0.434 e. The second kappa shape index (κ2) is 5.05. The van der Waals surface area contributed by atoms with Gasteiger partial charge in [0, 0.05) is 6.04 Å². The summed E-state index contributed by atoms with van der Waals surface area (Å²) >= 11 is 5.65. The molecule has 0 bridgehead atoms. The lowest BCUT2D eigenvalue weighted by molar-refractivity contribution is -0.144. The lowest BCUT2D eigenvalue weighted by Crippen LogP contribution is -2.28. The SMILES string of the molecule is CC(C)n1nc(CNC(N)=O)c(Cl)c1C(F)(F)F. The van der Waals surface area contributed by atoms with E-state index in [0.717, 1.165) is 4.68 Å². The van der Waals surface area contributed by atoms with Crippen LogP contribution in [-0.4, -0.2) is 15.8 Å². The van der Waals surface area contributed by atoms with Gasteiger partial charge in [-0.15, -0.1) is 0 Å². The number of hydrogen-bond donors (Lipinski definition) is 2. The topological polar surface area (TPSA) is 72.9 Å². The van der Waals surface area contributed by atoms with Crippen LogP contribution in [-0.2, 0) is 12.7 Å². The number of nitrogens with zero attached hydrogens (tertiary/aromatic N) is 2. The smallest absolute Gasteiger partial charge is 0.352 e. The molecule has 0 aliphatic heterocycles. The number of aromatic nitrogens is 2. The molecule has 0 unspecified atom stereocenters. The minimum absolute atomic E-state index is 0.0727. The van der Waals surface area contributed by atoms with E-state index in [2.05, 4.69) is 10.4 Å². The second-order valence-corrected chi connectivity index (χ2v) is 4.24. The number of amides is 2. The number of nitrogens with two attached hydrogens (primary N) is 1. The molecule has 5 nitrogen and oxygen atoms in total. The Morgan fingerprint density at radius 3 is 2.44 bits per heavy atom. The van der Waals surface area contributed by atoms with E-state index in [4.69, 9.17) is 17.3 Å². The highest BCUT2D eigenvalue weighted by Gasteiger charge is 2.40. The highest BCUT2D eigenvalue weighted by molar-refractivity contribution is 6.32. The third-order valence-corrected chi connectivity index (χ3v) is 2.50. The zero-order chi connectivity index (χ0) is 14.1. The Balaban J connectivity index is 3.20. The molecule has 1 heterocycles. The summed E-state index contributed by atoms with van der Waals surface area (Å²) in [6.07, 6.45) is -4.61. The van der Waals surface area contributed by atoms with E-state index in [1.807, 2.05) is 0 Å². The van der Waals surface area contributed by atoms with Crippen LogP contribution in [0, 0.1) is 0 Å². The first-order chi connectivity index (χ1) is 8.14. The van der Waals surface area contributed by atoms with Crippen LogP contribution < -0.4 is 11.1 Å². The molecule has 0 atom stereocenters. The van der Waals surface area contributed by atoms with Crippen molar-refractivity contribution in [1.82, 2.24) is 15.1 Å². The van der Waals surface area contributed by atoms with Gasteiger partial charge in [0.1, 0.15) is 5.69 Å². The number of carbonyl (C=O) groups is 1. The van der Waals surface area contributed by atoms with Gasteiger partial charge in [0.2, 0.25) is 0 Å². The van der Waals surface area contributed by atoms with Crippen LogP contribution in [0.4, 0.5) is 18.0 Å². The molecule has 18 heavy (non-hydrogen) atoms. The Bertz CT molecular complexity index is 455. The molecular formula is C9H12ClF3N4O. The molecule has 0 radical (unpaired) electrons. The molecule has 0 fully saturated rings. The van der Waals surface area contributed by atoms with Crippen LogP contribution in [0.15, 0.2) is 0 Å². The fourth-order valence-electron chi connectivity index (χ4n) is 1.37. The van der Waals surface area contributed by atoms with E-state index in [1.54, 1.807) is 13.8 Å². The summed E-state index contributed by atoms with van der Waals surface area (Å²) in [6, 6.07) is -1.37. The van der Waals surface area contributed by atoms with E-state index < -0.39 is 29.0 Å². The highest BCUT2D eigenvalue weighted by Crippen LogP contribution is 2.37. The number of nitrogens with one attached hydrogen (secondary N) is 1. The number of hydrogen-bond acceptors (Lipinski definition) is 2. The van der Waals surface area contributed by atoms with Crippen molar-refractivity contribution in [1.29, 1.82) is 0 Å². The van der Waals surface area contributed by atoms with E-state index in [1.165, 1.54) is 0 Å². The lowest BCUT2D eigenvalue weighted by Gasteiger charge is -2.13. The fraction of sp³-hybridized carbons (Fsp3) is 0.556. The second-order valence-electron chi connectivity index (χ2n) is 3.86. The van der Waals surface area contributed by atoms with Gasteiger partial charge in [0.05, 0.1) is 11.6 Å². The van der Waals surface area contributed by atoms with E-state index in [0.29, 0.717) is 0 Å². The van der Waals surface area contributed by atoms with Crippen molar-refractivity contribution in [2.75, 3.05) is 0 Å². The summed E-state index contributed by atoms with van der Waals surface area (Å²) in [5.41, 5.74) is 3.73. The van der Waals surface area contributed by atoms with Gasteiger partial charge in [0.15, 0.2) is 5.69 Å². The summed E-state index contributed by atoms with van der Waals surface area (Å²) in [5.74, 6) is 0. The maximum atomic E-state index is 12.8. The molecule has 0 aliphatic rings. The molecule has 0 saturated heterocycles. The third-order valence-electron chi connectivity index (χ3n) is 2.11. The Morgan fingerprint density at radius 1 is 1.56 bits per heavy atom. The number of halogens is 4. The predicted molar refractivity (Wildman–Crippen MR) is 59.0 cm³/mol. The average Bonchev–Trinajstić information content (AvgIpc) is 2.52. The number of urea groups is 1. The summed E-state index contributed by atoms with van der Waals surface area (Å²) in [6.45, 7) is 2.84. The Hall–Kier alpha value is -1.44. The molecule has 3 N–H and O–H groups in total. The summed E-state index contributed by atoms with van der Waals surface area (Å²) in [7, 11) is 0. The van der Waals surface area contributed by atoms with Gasteiger partial charge in [-0.25, -0.2) is 4.79 Å². The first-order valence-corrected chi connectivity index (χ1v) is 5.39. The maximum Gasteiger partial charge on any atom is 0.434 e. The molecule has 0 aliphatic carbocycles. The normalized spacial score (nSPS) is 11.9. The van der Waals surface area contributed by atoms with Crippen LogP contribution in [0.3, 0.4) is 0 Å². The number of primary amides is 1. The van der Waals surface area contributed by atoms with Crippen LogP contribution in [0.1, 0.15) is 31.3 Å². The highest BCUT2D eigenvalue weighted by atomic mass is 35.5. The van der Waals surface area contributed by atoms with Gasteiger partial charge in [-0.1, -0.05) is 11.6 Å². The Labute approximate surface area is 106 Å². The molecule has 9 heteroatoms. The van der Waals surface area contributed by atoms with Gasteiger partial charge in [0.25, 0.3) is 0 Å². The molecule has 1 aromatic heterocycles. The van der Waals surface area contributed by atoms with Crippen molar-refractivity contribution < 1.29 is 18.0 Å². The minimum Gasteiger partial charge on any atom is -0.352 e. The van der Waals surface area contributed by atoms with E-state index in [9.17, 15) is 18.0 Å². The zero-order valence-corrected chi connectivity index (χ0v) is 10.4. The molecule has 2 amide bonds. The van der Waals surface area contributed by atoms with Crippen molar-refractivity contribution in [3.8, 4) is 0 Å². The molecule has 0 spiro atoms.